The Bertz CT molecular complexity index is 1130. The number of furan rings is 1. The van der Waals surface area contributed by atoms with Crippen LogP contribution < -0.4 is 4.83 Å². The van der Waals surface area contributed by atoms with Crippen molar-refractivity contribution in [1.82, 2.24) is 4.83 Å². The molecule has 27 heavy (non-hydrogen) atoms. The van der Waals surface area contributed by atoms with Crippen molar-refractivity contribution >= 4 is 27.2 Å². The maximum atomic E-state index is 12.4. The van der Waals surface area contributed by atoms with Gasteiger partial charge in [0, 0.05) is 22.9 Å². The lowest BCUT2D eigenvalue weighted by Gasteiger charge is -2.10. The van der Waals surface area contributed by atoms with Gasteiger partial charge in [0.15, 0.2) is 0 Å². The number of nitrogens with one attached hydrogen (secondary N) is 1. The summed E-state index contributed by atoms with van der Waals surface area (Å²) in [5.41, 5.74) is 3.20. The lowest BCUT2D eigenvalue weighted by atomic mass is 9.94. The fourth-order valence-electron chi connectivity index (χ4n) is 3.43. The molecular formula is C20H20N2O4S. The number of phenols is 1. The van der Waals surface area contributed by atoms with E-state index in [-0.39, 0.29) is 10.6 Å². The topological polar surface area (TPSA) is 91.9 Å². The highest BCUT2D eigenvalue weighted by atomic mass is 32.2. The Hall–Kier alpha value is -2.80. The summed E-state index contributed by atoms with van der Waals surface area (Å²) in [7, 11) is -3.77. The average molecular weight is 384 g/mol. The quantitative estimate of drug-likeness (QED) is 0.531. The summed E-state index contributed by atoms with van der Waals surface area (Å²) in [5.74, 6) is 0.978. The second-order valence-corrected chi connectivity index (χ2v) is 8.41. The number of rotatable bonds is 4. The second-order valence-electron chi connectivity index (χ2n) is 6.75. The zero-order valence-electron chi connectivity index (χ0n) is 14.9. The fourth-order valence-corrected chi connectivity index (χ4v) is 4.22. The molecule has 2 aromatic carbocycles. The molecule has 3 aromatic rings. The summed E-state index contributed by atoms with van der Waals surface area (Å²) in [4.78, 5) is 2.34. The zero-order chi connectivity index (χ0) is 19.0. The Morgan fingerprint density at radius 3 is 2.63 bits per heavy atom. The summed E-state index contributed by atoms with van der Waals surface area (Å²) in [6.45, 7) is 1.89. The van der Waals surface area contributed by atoms with Crippen molar-refractivity contribution in [1.29, 1.82) is 0 Å². The van der Waals surface area contributed by atoms with Gasteiger partial charge in [-0.15, -0.1) is 0 Å². The van der Waals surface area contributed by atoms with Gasteiger partial charge in [0.1, 0.15) is 17.1 Å². The third-order valence-corrected chi connectivity index (χ3v) is 6.07. The van der Waals surface area contributed by atoms with Crippen molar-refractivity contribution in [3.05, 3.63) is 58.8 Å². The van der Waals surface area contributed by atoms with Gasteiger partial charge in [0.2, 0.25) is 0 Å². The van der Waals surface area contributed by atoms with Gasteiger partial charge in [-0.1, -0.05) is 17.7 Å². The summed E-state index contributed by atoms with van der Waals surface area (Å²) >= 11 is 0. The lowest BCUT2D eigenvalue weighted by Crippen LogP contribution is -2.18. The number of sulfonamides is 1. The number of phenolic OH excluding ortho intramolecular Hbond substituents is 1. The molecular weight excluding hydrogens is 364 g/mol. The minimum atomic E-state index is -3.77. The standard InChI is InChI=1S/C20H20N2O4S/c1-13-6-8-14(9-7-13)27(24,25)22-21-12-16-17(23)10-11-19-20(16)15-4-2-3-5-18(15)26-19/h6-12,22-23H,2-5H2,1H3/b21-12-. The monoisotopic (exact) mass is 384 g/mol. The molecule has 140 valence electrons. The molecule has 0 aliphatic heterocycles. The molecule has 1 heterocycles. The van der Waals surface area contributed by atoms with E-state index in [1.54, 1.807) is 18.2 Å². The van der Waals surface area contributed by atoms with Crippen LogP contribution >= 0.6 is 0 Å². The molecule has 4 rings (SSSR count). The number of hydrogen-bond acceptors (Lipinski definition) is 5. The first-order valence-corrected chi connectivity index (χ1v) is 10.3. The van der Waals surface area contributed by atoms with Gasteiger partial charge in [-0.2, -0.15) is 13.5 Å². The van der Waals surface area contributed by atoms with Crippen LogP contribution in [0.15, 0.2) is 50.8 Å². The zero-order valence-corrected chi connectivity index (χ0v) is 15.7. The third kappa shape index (κ3) is 3.30. The van der Waals surface area contributed by atoms with Crippen molar-refractivity contribution in [3.8, 4) is 5.75 Å². The van der Waals surface area contributed by atoms with E-state index in [1.807, 2.05) is 6.92 Å². The fraction of sp³-hybridized carbons (Fsp3) is 0.250. The van der Waals surface area contributed by atoms with Gasteiger partial charge >= 0.3 is 0 Å². The van der Waals surface area contributed by atoms with Crippen molar-refractivity contribution in [2.24, 2.45) is 5.10 Å². The first-order valence-electron chi connectivity index (χ1n) is 8.83. The Labute approximate surface area is 157 Å². The van der Waals surface area contributed by atoms with Gasteiger partial charge in [-0.25, -0.2) is 4.83 Å². The molecule has 1 aliphatic rings. The molecule has 2 N–H and O–H groups in total. The lowest BCUT2D eigenvalue weighted by molar-refractivity contribution is 0.474. The first kappa shape index (κ1) is 17.6. The highest BCUT2D eigenvalue weighted by Crippen LogP contribution is 2.36. The van der Waals surface area contributed by atoms with Crippen LogP contribution in [0, 0.1) is 6.92 Å². The highest BCUT2D eigenvalue weighted by Gasteiger charge is 2.21. The SMILES string of the molecule is Cc1ccc(S(=O)(=O)N/N=C\c2c(O)ccc3oc4c(c23)CCCC4)cc1. The van der Waals surface area contributed by atoms with Gasteiger partial charge in [0.25, 0.3) is 10.0 Å². The third-order valence-electron chi connectivity index (χ3n) is 4.83. The van der Waals surface area contributed by atoms with E-state index in [9.17, 15) is 13.5 Å². The van der Waals surface area contributed by atoms with Crippen LogP contribution in [0.5, 0.6) is 5.75 Å². The minimum absolute atomic E-state index is 0.0370. The maximum Gasteiger partial charge on any atom is 0.276 e. The smallest absolute Gasteiger partial charge is 0.276 e. The van der Waals surface area contributed by atoms with Crippen molar-refractivity contribution in [2.45, 2.75) is 37.5 Å². The van der Waals surface area contributed by atoms with Gasteiger partial charge in [-0.3, -0.25) is 0 Å². The second kappa shape index (κ2) is 6.74. The van der Waals surface area contributed by atoms with E-state index >= 15 is 0 Å². The summed E-state index contributed by atoms with van der Waals surface area (Å²) < 4.78 is 30.6. The van der Waals surface area contributed by atoms with Crippen LogP contribution in [0.3, 0.4) is 0 Å². The number of fused-ring (bicyclic) bond motifs is 3. The van der Waals surface area contributed by atoms with Crippen molar-refractivity contribution in [2.75, 3.05) is 0 Å². The minimum Gasteiger partial charge on any atom is -0.507 e. The molecule has 1 aromatic heterocycles. The van der Waals surface area contributed by atoms with E-state index in [4.69, 9.17) is 4.42 Å². The average Bonchev–Trinajstić information content (AvgIpc) is 3.03. The van der Waals surface area contributed by atoms with Crippen LogP contribution in [-0.2, 0) is 22.9 Å². The largest absolute Gasteiger partial charge is 0.507 e. The molecule has 0 radical (unpaired) electrons. The number of benzene rings is 2. The molecule has 0 atom stereocenters. The summed E-state index contributed by atoms with van der Waals surface area (Å²) in [6.07, 6.45) is 5.24. The number of hydrazone groups is 1. The Morgan fingerprint density at radius 1 is 1.11 bits per heavy atom. The molecule has 0 saturated heterocycles. The van der Waals surface area contributed by atoms with Crippen molar-refractivity contribution < 1.29 is 17.9 Å². The maximum absolute atomic E-state index is 12.4. The van der Waals surface area contributed by atoms with Gasteiger partial charge < -0.3 is 9.52 Å². The van der Waals surface area contributed by atoms with Crippen LogP contribution in [-0.4, -0.2) is 19.7 Å². The molecule has 0 spiro atoms. The van der Waals surface area contributed by atoms with Crippen LogP contribution in [0.25, 0.3) is 11.0 Å². The number of hydrogen-bond donors (Lipinski definition) is 2. The Kier molecular flexibility index (Phi) is 4.39. The normalized spacial score (nSPS) is 14.6. The first-order chi connectivity index (χ1) is 13.0. The predicted octanol–water partition coefficient (Wildman–Crippen LogP) is 3.64. The van der Waals surface area contributed by atoms with Crippen LogP contribution in [0.2, 0.25) is 0 Å². The molecule has 0 unspecified atom stereocenters. The van der Waals surface area contributed by atoms with Crippen molar-refractivity contribution in [3.63, 3.8) is 0 Å². The molecule has 1 aliphatic carbocycles. The van der Waals surface area contributed by atoms with E-state index < -0.39 is 10.0 Å². The van der Waals surface area contributed by atoms with E-state index in [0.717, 1.165) is 48.0 Å². The molecule has 7 heteroatoms. The van der Waals surface area contributed by atoms with Crippen LogP contribution in [0.1, 0.15) is 35.3 Å². The summed E-state index contributed by atoms with van der Waals surface area (Å²) in [6, 6.07) is 9.77. The molecule has 0 fully saturated rings. The Balaban J connectivity index is 1.68. The summed E-state index contributed by atoms with van der Waals surface area (Å²) in [5, 5.41) is 15.0. The molecule has 0 bridgehead atoms. The molecule has 0 saturated carbocycles. The van der Waals surface area contributed by atoms with Gasteiger partial charge in [-0.05, 0) is 50.5 Å². The van der Waals surface area contributed by atoms with E-state index in [1.165, 1.54) is 24.4 Å². The van der Waals surface area contributed by atoms with E-state index in [2.05, 4.69) is 9.93 Å². The Morgan fingerprint density at radius 2 is 1.85 bits per heavy atom. The highest BCUT2D eigenvalue weighted by molar-refractivity contribution is 7.89. The predicted molar refractivity (Wildman–Crippen MR) is 104 cm³/mol. The van der Waals surface area contributed by atoms with Gasteiger partial charge in [0.05, 0.1) is 11.1 Å². The van der Waals surface area contributed by atoms with Crippen LogP contribution in [0.4, 0.5) is 0 Å². The molecule has 6 nitrogen and oxygen atoms in total. The number of aromatic hydroxyl groups is 1. The number of nitrogens with zero attached hydrogens (tertiary/aromatic N) is 1. The number of aryl methyl sites for hydroxylation is 3. The molecule has 0 amide bonds. The van der Waals surface area contributed by atoms with E-state index in [0.29, 0.717) is 11.1 Å².